The molecule has 0 bridgehead atoms. The van der Waals surface area contributed by atoms with E-state index in [1.807, 2.05) is 0 Å². The Balaban J connectivity index is 2.34. The molecule has 4 N–H and O–H groups in total. The number of nitrogens with two attached hydrogens (primary N) is 1. The van der Waals surface area contributed by atoms with Crippen molar-refractivity contribution in [3.8, 4) is 0 Å². The van der Waals surface area contributed by atoms with Crippen molar-refractivity contribution in [3.05, 3.63) is 10.4 Å². The average molecular weight is 224 g/mol. The molecule has 0 spiro atoms. The molecule has 2 unspecified atom stereocenters. The third-order valence-corrected chi connectivity index (χ3v) is 2.41. The van der Waals surface area contributed by atoms with E-state index in [2.05, 4.69) is 20.3 Å². The van der Waals surface area contributed by atoms with E-state index >= 15 is 0 Å². The summed E-state index contributed by atoms with van der Waals surface area (Å²) in [5.41, 5.74) is 5.69. The average Bonchev–Trinajstić information content (AvgIpc) is 2.69. The number of hydrogen-bond donors (Lipinski definition) is 3. The molecular weight excluding hydrogens is 212 g/mol. The van der Waals surface area contributed by atoms with Crippen molar-refractivity contribution in [3.63, 3.8) is 0 Å². The second kappa shape index (κ2) is 3.47. The number of nitrogens with one attached hydrogen (secondary N) is 2. The van der Waals surface area contributed by atoms with E-state index in [9.17, 15) is 10.4 Å². The molecule has 0 amide bonds. The first-order valence-corrected chi connectivity index (χ1v) is 4.76. The Morgan fingerprint density at radius 1 is 1.44 bits per heavy atom. The Morgan fingerprint density at radius 2 is 2.12 bits per heavy atom. The molecule has 0 aromatic rings. The number of rotatable bonds is 1. The third kappa shape index (κ3) is 1.58. The predicted molar refractivity (Wildman–Crippen MR) is 59.1 cm³/mol. The molecular formula is C8H12N6O2. The second-order valence-electron chi connectivity index (χ2n) is 3.67. The van der Waals surface area contributed by atoms with Crippen LogP contribution in [0.15, 0.2) is 9.98 Å². The molecule has 0 aliphatic carbocycles. The Bertz CT molecular complexity index is 445. The van der Waals surface area contributed by atoms with Gasteiger partial charge in [0.15, 0.2) is 5.84 Å². The van der Waals surface area contributed by atoms with E-state index < -0.39 is 17.0 Å². The summed E-state index contributed by atoms with van der Waals surface area (Å²) in [6.45, 7) is 3.42. The monoisotopic (exact) mass is 224 g/mol. The lowest BCUT2D eigenvalue weighted by Gasteiger charge is -2.17. The van der Waals surface area contributed by atoms with Crippen molar-refractivity contribution in [1.82, 2.24) is 5.32 Å². The van der Waals surface area contributed by atoms with Crippen LogP contribution in [0.1, 0.15) is 13.8 Å². The molecule has 0 saturated carbocycles. The maximum Gasteiger partial charge on any atom is 0.291 e. The van der Waals surface area contributed by atoms with Crippen LogP contribution in [0.25, 0.3) is 0 Å². The van der Waals surface area contributed by atoms with Gasteiger partial charge >= 0.3 is 0 Å². The normalized spacial score (nSPS) is 28.4. The van der Waals surface area contributed by atoms with E-state index in [4.69, 9.17) is 5.73 Å². The van der Waals surface area contributed by atoms with Gasteiger partial charge in [-0.25, -0.2) is 10.3 Å². The van der Waals surface area contributed by atoms with Crippen molar-refractivity contribution >= 4 is 23.3 Å². The zero-order valence-corrected chi connectivity index (χ0v) is 8.89. The minimum atomic E-state index is -0.642. The van der Waals surface area contributed by atoms with Crippen LogP contribution in [0, 0.1) is 10.4 Å². The molecule has 86 valence electrons. The first-order valence-electron chi connectivity index (χ1n) is 4.76. The fraction of sp³-hybridized carbons (Fsp3) is 0.500. The molecule has 16 heavy (non-hydrogen) atoms. The van der Waals surface area contributed by atoms with Crippen LogP contribution < -0.4 is 16.0 Å². The summed E-state index contributed by atoms with van der Waals surface area (Å²) in [6.07, 6.45) is 0. The molecule has 0 fully saturated rings. The molecule has 2 atom stereocenters. The van der Waals surface area contributed by atoms with Gasteiger partial charge < -0.3 is 16.1 Å². The van der Waals surface area contributed by atoms with E-state index in [-0.39, 0.29) is 5.84 Å². The van der Waals surface area contributed by atoms with E-state index in [0.29, 0.717) is 17.5 Å². The molecule has 0 aromatic heterocycles. The third-order valence-electron chi connectivity index (χ3n) is 2.41. The van der Waals surface area contributed by atoms with Crippen LogP contribution >= 0.6 is 0 Å². The fourth-order valence-electron chi connectivity index (χ4n) is 1.78. The molecule has 8 heteroatoms. The maximum atomic E-state index is 10.8. The van der Waals surface area contributed by atoms with Gasteiger partial charge in [0.25, 0.3) is 17.5 Å². The Morgan fingerprint density at radius 3 is 2.62 bits per heavy atom. The molecule has 2 aliphatic heterocycles. The zero-order valence-electron chi connectivity index (χ0n) is 8.89. The summed E-state index contributed by atoms with van der Waals surface area (Å²) in [4.78, 5) is 10.6. The van der Waals surface area contributed by atoms with Crippen molar-refractivity contribution < 1.29 is 9.89 Å². The Kier molecular flexibility index (Phi) is 2.26. The molecule has 0 saturated heterocycles. The van der Waals surface area contributed by atoms with Crippen molar-refractivity contribution in [2.24, 2.45) is 15.7 Å². The second-order valence-corrected chi connectivity index (χ2v) is 3.67. The van der Waals surface area contributed by atoms with Gasteiger partial charge in [-0.1, -0.05) is 0 Å². The highest BCUT2D eigenvalue weighted by atomic mass is 16.8. The molecule has 2 aliphatic rings. The van der Waals surface area contributed by atoms with Crippen molar-refractivity contribution in [2.75, 3.05) is 0 Å². The zero-order chi connectivity index (χ0) is 11.9. The maximum absolute atomic E-state index is 10.8. The summed E-state index contributed by atoms with van der Waals surface area (Å²) in [7, 11) is 0. The minimum absolute atomic E-state index is 0.0668. The van der Waals surface area contributed by atoms with E-state index in [0.717, 1.165) is 0 Å². The molecule has 8 nitrogen and oxygen atoms in total. The van der Waals surface area contributed by atoms with E-state index in [1.54, 1.807) is 13.8 Å². The summed E-state index contributed by atoms with van der Waals surface area (Å²) in [5, 5.41) is 24.3. The lowest BCUT2D eigenvalue weighted by molar-refractivity contribution is -0.481. The highest BCUT2D eigenvalue weighted by Gasteiger charge is 2.43. The van der Waals surface area contributed by atoms with Gasteiger partial charge in [0.2, 0.25) is 12.1 Å². The van der Waals surface area contributed by atoms with Crippen molar-refractivity contribution in [2.45, 2.75) is 25.9 Å². The van der Waals surface area contributed by atoms with Gasteiger partial charge in [0.1, 0.15) is 0 Å². The Labute approximate surface area is 91.5 Å². The first-order chi connectivity index (χ1) is 7.49. The summed E-state index contributed by atoms with van der Waals surface area (Å²) < 4.78 is 0. The van der Waals surface area contributed by atoms with Crippen LogP contribution in [0.3, 0.4) is 0 Å². The number of amidine groups is 4. The van der Waals surface area contributed by atoms with Gasteiger partial charge in [-0.2, -0.15) is 0 Å². The summed E-state index contributed by atoms with van der Waals surface area (Å²) >= 11 is 0. The van der Waals surface area contributed by atoms with Gasteiger partial charge in [-0.3, -0.25) is 9.89 Å². The minimum Gasteiger partial charge on any atom is -0.712 e. The predicted octanol–water partition coefficient (Wildman–Crippen LogP) is -2.98. The van der Waals surface area contributed by atoms with Gasteiger partial charge in [-0.05, 0) is 4.99 Å². The molecule has 2 heterocycles. The van der Waals surface area contributed by atoms with Crippen molar-refractivity contribution in [1.29, 1.82) is 0 Å². The first kappa shape index (κ1) is 10.4. The SMILES string of the molecule is CC1=NC(C2[NH+]=C(C)N=C2N)C(=[N+]([O-])[O-])N1. The summed E-state index contributed by atoms with van der Waals surface area (Å²) in [6, 6.07) is -1.08. The molecule has 0 radical (unpaired) electrons. The van der Waals surface area contributed by atoms with Crippen LogP contribution in [-0.4, -0.2) is 40.3 Å². The summed E-state index contributed by atoms with van der Waals surface area (Å²) in [5.74, 6) is 1.41. The fourth-order valence-corrected chi connectivity index (χ4v) is 1.78. The van der Waals surface area contributed by atoms with Crippen LogP contribution in [0.5, 0.6) is 0 Å². The van der Waals surface area contributed by atoms with Crippen LogP contribution in [0.4, 0.5) is 0 Å². The Hall–Kier alpha value is -2.12. The topological polar surface area (TPSA) is 126 Å². The highest BCUT2D eigenvalue weighted by Crippen LogP contribution is 2.06. The highest BCUT2D eigenvalue weighted by molar-refractivity contribution is 6.09. The molecule has 0 aromatic carbocycles. The van der Waals surface area contributed by atoms with Gasteiger partial charge in [0.05, 0.1) is 0 Å². The number of hydrogen-bond acceptors (Lipinski definition) is 5. The number of aliphatic imine (C=N–C) groups is 2. The van der Waals surface area contributed by atoms with Gasteiger partial charge in [-0.15, -0.1) is 0 Å². The lowest BCUT2D eigenvalue weighted by atomic mass is 10.1. The lowest BCUT2D eigenvalue weighted by Crippen LogP contribution is -2.83. The quantitative estimate of drug-likeness (QED) is 0.324. The smallest absolute Gasteiger partial charge is 0.291 e. The van der Waals surface area contributed by atoms with E-state index in [1.165, 1.54) is 0 Å². The van der Waals surface area contributed by atoms with Crippen LogP contribution in [-0.2, 0) is 0 Å². The molecule has 2 rings (SSSR count). The van der Waals surface area contributed by atoms with Gasteiger partial charge in [0, 0.05) is 13.8 Å². The number of nitrogens with zero attached hydrogens (tertiary/aromatic N) is 3. The largest absolute Gasteiger partial charge is 0.712 e. The van der Waals surface area contributed by atoms with Crippen LogP contribution in [0.2, 0.25) is 0 Å². The standard InChI is InChI=1S/C8H11N6O2/c1-3-10-5(7(9)12-3)6-8(14(15)16)13-4(2)11-6/h5-6H,1-2H3,(H3-,9,10,11,12,13,15,16)/q-1/p+1.